The maximum absolute atomic E-state index is 12.1. The molecule has 0 unspecified atom stereocenters. The van der Waals surface area contributed by atoms with Gasteiger partial charge in [0, 0.05) is 15.7 Å². The van der Waals surface area contributed by atoms with E-state index in [9.17, 15) is 9.59 Å². The molecule has 0 amide bonds. The number of carbonyl (C=O) groups excluding carboxylic acids is 1. The van der Waals surface area contributed by atoms with E-state index in [4.69, 9.17) is 5.11 Å². The van der Waals surface area contributed by atoms with Gasteiger partial charge in [-0.15, -0.1) is 11.8 Å². The number of carbonyl (C=O) groups is 2. The first-order chi connectivity index (χ1) is 8.25. The lowest BCUT2D eigenvalue weighted by Crippen LogP contribution is -2.33. The molecule has 98 valence electrons. The second-order valence-electron chi connectivity index (χ2n) is 4.95. The van der Waals surface area contributed by atoms with Gasteiger partial charge in [-0.2, -0.15) is 0 Å². The van der Waals surface area contributed by atoms with E-state index in [2.05, 4.69) is 13.8 Å². The minimum Gasteiger partial charge on any atom is -0.481 e. The third-order valence-corrected chi connectivity index (χ3v) is 3.61. The monoisotopic (exact) mass is 266 g/mol. The summed E-state index contributed by atoms with van der Waals surface area (Å²) in [6.07, 6.45) is 0. The second kappa shape index (κ2) is 5.57. The van der Waals surface area contributed by atoms with Gasteiger partial charge >= 0.3 is 5.97 Å². The Balaban J connectivity index is 2.92. The van der Waals surface area contributed by atoms with Gasteiger partial charge in [0.1, 0.15) is 5.41 Å². The van der Waals surface area contributed by atoms with E-state index in [-0.39, 0.29) is 5.78 Å². The van der Waals surface area contributed by atoms with Crippen LogP contribution in [0.3, 0.4) is 0 Å². The van der Waals surface area contributed by atoms with Crippen LogP contribution in [-0.4, -0.2) is 22.1 Å². The number of carboxylic acids is 1. The molecule has 3 nitrogen and oxygen atoms in total. The molecule has 0 saturated heterocycles. The van der Waals surface area contributed by atoms with Crippen molar-refractivity contribution >= 4 is 23.5 Å². The predicted molar refractivity (Wildman–Crippen MR) is 73.2 cm³/mol. The van der Waals surface area contributed by atoms with Gasteiger partial charge in [-0.05, 0) is 26.0 Å². The Kier molecular flexibility index (Phi) is 4.57. The Morgan fingerprint density at radius 2 is 1.67 bits per heavy atom. The third-order valence-electron chi connectivity index (χ3n) is 2.59. The molecule has 0 aromatic heterocycles. The molecule has 0 bridgehead atoms. The first kappa shape index (κ1) is 14.8. The Morgan fingerprint density at radius 3 is 2.06 bits per heavy atom. The molecule has 18 heavy (non-hydrogen) atoms. The molecule has 0 aliphatic rings. The number of rotatable bonds is 5. The minimum absolute atomic E-state index is 0.365. The minimum atomic E-state index is -1.38. The summed E-state index contributed by atoms with van der Waals surface area (Å²) in [5, 5.41) is 9.50. The summed E-state index contributed by atoms with van der Waals surface area (Å²) in [6, 6.07) is 7.10. The number of ketones is 1. The molecular weight excluding hydrogens is 248 g/mol. The van der Waals surface area contributed by atoms with Crippen molar-refractivity contribution in [2.75, 3.05) is 0 Å². The quantitative estimate of drug-likeness (QED) is 0.503. The molecular formula is C14H18O3S. The van der Waals surface area contributed by atoms with Crippen LogP contribution >= 0.6 is 11.8 Å². The van der Waals surface area contributed by atoms with Crippen molar-refractivity contribution in [3.05, 3.63) is 29.8 Å². The molecule has 0 aliphatic carbocycles. The van der Waals surface area contributed by atoms with E-state index in [0.29, 0.717) is 10.8 Å². The number of Topliss-reactive ketones (excluding diaryl/α,β-unsaturated/α-hetero) is 1. The molecule has 1 rings (SSSR count). The molecule has 0 aliphatic heterocycles. The predicted octanol–water partition coefficient (Wildman–Crippen LogP) is 3.48. The fourth-order valence-electron chi connectivity index (χ4n) is 1.42. The second-order valence-corrected chi connectivity index (χ2v) is 6.60. The Labute approximate surface area is 112 Å². The third kappa shape index (κ3) is 3.35. The molecule has 4 heteroatoms. The Bertz CT molecular complexity index is 447. The van der Waals surface area contributed by atoms with Gasteiger partial charge in [-0.25, -0.2) is 0 Å². The maximum Gasteiger partial charge on any atom is 0.316 e. The van der Waals surface area contributed by atoms with Crippen molar-refractivity contribution < 1.29 is 14.7 Å². The molecule has 1 aromatic rings. The topological polar surface area (TPSA) is 54.4 Å². The Hall–Kier alpha value is -1.29. The Morgan fingerprint density at radius 1 is 1.17 bits per heavy atom. The fourth-order valence-corrected chi connectivity index (χ4v) is 2.25. The summed E-state index contributed by atoms with van der Waals surface area (Å²) in [6.45, 7) is 7.04. The lowest BCUT2D eigenvalue weighted by atomic mass is 9.84. The van der Waals surface area contributed by atoms with Crippen LogP contribution in [0.1, 0.15) is 38.1 Å². The van der Waals surface area contributed by atoms with Crippen LogP contribution in [0, 0.1) is 5.41 Å². The van der Waals surface area contributed by atoms with Crippen LogP contribution in [0.25, 0.3) is 0 Å². The summed E-state index contributed by atoms with van der Waals surface area (Å²) in [7, 11) is 0. The van der Waals surface area contributed by atoms with Gasteiger partial charge < -0.3 is 5.11 Å². The van der Waals surface area contributed by atoms with E-state index in [1.165, 1.54) is 13.8 Å². The molecule has 0 fully saturated rings. The molecule has 0 atom stereocenters. The number of carboxylic acid groups (broad SMARTS) is 1. The highest BCUT2D eigenvalue weighted by Gasteiger charge is 2.36. The summed E-state index contributed by atoms with van der Waals surface area (Å²) < 4.78 is 0. The van der Waals surface area contributed by atoms with Crippen molar-refractivity contribution in [3.8, 4) is 0 Å². The zero-order valence-corrected chi connectivity index (χ0v) is 11.9. The van der Waals surface area contributed by atoms with E-state index >= 15 is 0 Å². The van der Waals surface area contributed by atoms with Gasteiger partial charge in [0.2, 0.25) is 0 Å². The number of hydrogen-bond acceptors (Lipinski definition) is 3. The maximum atomic E-state index is 12.1. The zero-order valence-electron chi connectivity index (χ0n) is 11.1. The van der Waals surface area contributed by atoms with Crippen LogP contribution in [0.4, 0.5) is 0 Å². The first-order valence-corrected chi connectivity index (χ1v) is 6.68. The number of thioether (sulfide) groups is 1. The van der Waals surface area contributed by atoms with Crippen LogP contribution in [0.15, 0.2) is 29.2 Å². The molecule has 1 aromatic carbocycles. The van der Waals surface area contributed by atoms with Crippen molar-refractivity contribution in [2.45, 2.75) is 37.8 Å². The summed E-state index contributed by atoms with van der Waals surface area (Å²) >= 11 is 1.71. The average molecular weight is 266 g/mol. The van der Waals surface area contributed by atoms with E-state index in [1.54, 1.807) is 23.9 Å². The van der Waals surface area contributed by atoms with Crippen molar-refractivity contribution in [2.24, 2.45) is 5.41 Å². The molecule has 1 N–H and O–H groups in total. The number of hydrogen-bond donors (Lipinski definition) is 1. The van der Waals surface area contributed by atoms with Gasteiger partial charge in [-0.1, -0.05) is 26.0 Å². The number of benzene rings is 1. The van der Waals surface area contributed by atoms with Gasteiger partial charge in [0.25, 0.3) is 0 Å². The molecule has 0 radical (unpaired) electrons. The fraction of sp³-hybridized carbons (Fsp3) is 0.429. The highest BCUT2D eigenvalue weighted by molar-refractivity contribution is 7.99. The van der Waals surface area contributed by atoms with Crippen LogP contribution in [0.5, 0.6) is 0 Å². The standard InChI is InChI=1S/C14H18O3S/c1-9(2)18-11-7-5-10(6-8-11)12(15)14(3,4)13(16)17/h5-9H,1-4H3,(H,16,17). The number of aliphatic carboxylic acids is 1. The highest BCUT2D eigenvalue weighted by atomic mass is 32.2. The van der Waals surface area contributed by atoms with Crippen molar-refractivity contribution in [3.63, 3.8) is 0 Å². The normalized spacial score (nSPS) is 11.6. The lowest BCUT2D eigenvalue weighted by Gasteiger charge is -2.17. The highest BCUT2D eigenvalue weighted by Crippen LogP contribution is 2.26. The van der Waals surface area contributed by atoms with E-state index < -0.39 is 11.4 Å². The van der Waals surface area contributed by atoms with Gasteiger partial charge in [0.05, 0.1) is 0 Å². The summed E-state index contributed by atoms with van der Waals surface area (Å²) in [4.78, 5) is 24.2. The van der Waals surface area contributed by atoms with Gasteiger partial charge in [-0.3, -0.25) is 9.59 Å². The van der Waals surface area contributed by atoms with Crippen LogP contribution in [0.2, 0.25) is 0 Å². The molecule has 0 saturated carbocycles. The van der Waals surface area contributed by atoms with Crippen molar-refractivity contribution in [1.29, 1.82) is 0 Å². The molecule has 0 spiro atoms. The van der Waals surface area contributed by atoms with Crippen LogP contribution in [-0.2, 0) is 4.79 Å². The van der Waals surface area contributed by atoms with Gasteiger partial charge in [0.15, 0.2) is 5.78 Å². The van der Waals surface area contributed by atoms with E-state index in [0.717, 1.165) is 4.90 Å². The summed E-state index contributed by atoms with van der Waals surface area (Å²) in [5.41, 5.74) is -0.942. The SMILES string of the molecule is CC(C)Sc1ccc(C(=O)C(C)(C)C(=O)O)cc1. The smallest absolute Gasteiger partial charge is 0.316 e. The summed E-state index contributed by atoms with van der Waals surface area (Å²) in [5.74, 6) is -1.47. The first-order valence-electron chi connectivity index (χ1n) is 5.80. The zero-order chi connectivity index (χ0) is 13.9. The largest absolute Gasteiger partial charge is 0.481 e. The lowest BCUT2D eigenvalue weighted by molar-refractivity contribution is -0.144. The van der Waals surface area contributed by atoms with Crippen molar-refractivity contribution in [1.82, 2.24) is 0 Å². The van der Waals surface area contributed by atoms with Crippen LogP contribution < -0.4 is 0 Å². The molecule has 0 heterocycles. The van der Waals surface area contributed by atoms with E-state index in [1.807, 2.05) is 12.1 Å². The average Bonchev–Trinajstić information content (AvgIpc) is 2.28.